The van der Waals surface area contributed by atoms with Crippen LogP contribution >= 0.6 is 0 Å². The Morgan fingerprint density at radius 1 is 0.354 bits per heavy atom. The van der Waals surface area contributed by atoms with Crippen LogP contribution in [0.15, 0.2) is 24.3 Å². The molecule has 0 aromatic carbocycles. The van der Waals surface area contributed by atoms with E-state index in [1.807, 2.05) is 13.8 Å². The molecule has 0 aromatic rings. The quantitative estimate of drug-likeness (QED) is 0.0187. The molecular formula is C46H114O19Si14. The average Bonchev–Trinajstić information content (AvgIpc) is 3.20. The summed E-state index contributed by atoms with van der Waals surface area (Å²) in [6.45, 7) is 65.4. The highest BCUT2D eigenvalue weighted by molar-refractivity contribution is 6.84. The van der Waals surface area contributed by atoms with E-state index in [1.54, 1.807) is 13.8 Å². The normalized spacial score (nSPS) is 16.7. The Labute approximate surface area is 499 Å². The predicted octanol–water partition coefficient (Wildman–Crippen LogP) is 8.14. The maximum atomic E-state index is 12.8. The second kappa shape index (κ2) is 34.4. The van der Waals surface area contributed by atoms with Crippen molar-refractivity contribution in [3.8, 4) is 0 Å². The van der Waals surface area contributed by atoms with Gasteiger partial charge < -0.3 is 74.9 Å². The van der Waals surface area contributed by atoms with Gasteiger partial charge in [0.25, 0.3) is 0 Å². The Morgan fingerprint density at radius 3 is 0.696 bits per heavy atom. The van der Waals surface area contributed by atoms with E-state index in [4.69, 9.17) is 74.9 Å². The van der Waals surface area contributed by atoms with Crippen molar-refractivity contribution in [3.05, 3.63) is 24.3 Å². The summed E-state index contributed by atoms with van der Waals surface area (Å²) in [4.78, 5) is 25.5. The van der Waals surface area contributed by atoms with Crippen LogP contribution in [0.25, 0.3) is 0 Å². The van der Waals surface area contributed by atoms with E-state index in [0.29, 0.717) is 12.8 Å². The fourth-order valence-corrected chi connectivity index (χ4v) is 46.6. The molecule has 0 amide bonds. The van der Waals surface area contributed by atoms with Crippen LogP contribution in [-0.4, -0.2) is 197 Å². The van der Waals surface area contributed by atoms with Gasteiger partial charge in [-0.1, -0.05) is 27.0 Å². The van der Waals surface area contributed by atoms with E-state index in [2.05, 4.69) is 170 Å². The molecule has 79 heavy (non-hydrogen) atoms. The van der Waals surface area contributed by atoms with Crippen molar-refractivity contribution in [1.82, 2.24) is 0 Å². The van der Waals surface area contributed by atoms with Gasteiger partial charge in [0.05, 0.1) is 13.2 Å². The number of esters is 2. The molecule has 0 heterocycles. The van der Waals surface area contributed by atoms with Gasteiger partial charge in [-0.25, -0.2) is 9.59 Å². The van der Waals surface area contributed by atoms with Crippen LogP contribution in [0.1, 0.15) is 40.5 Å². The molecule has 0 rings (SSSR count). The molecule has 0 aliphatic rings. The molecule has 0 fully saturated rings. The van der Waals surface area contributed by atoms with Crippen LogP contribution in [-0.2, 0) is 84.5 Å². The first kappa shape index (κ1) is 79.9. The zero-order valence-corrected chi connectivity index (χ0v) is 70.4. The second-order valence-electron chi connectivity index (χ2n) is 27.5. The SMILES string of the molecule is C=C(C)C(=O)OCCOC(CC)[Si](O[SiH2]C(O[Si](C)(C)C)O[Si](C)(C)C)(O[SiH2]C(O[Si](C)(C)C)O[Si](C)(C)C)O[Si](O[SiH2]C(O[Si](C)(C)C)O[Si](C)(C)C)(O[SiH2]C(O[Si](C)(C)C)O[Si](C)(C)C)C(CC)OCCOC(=O)C(=C)C. The minimum Gasteiger partial charge on any atom is -0.460 e. The van der Waals surface area contributed by atoms with Gasteiger partial charge in [-0.2, -0.15) is 0 Å². The topological polar surface area (TPSA) is 191 Å². The molecule has 0 saturated heterocycles. The van der Waals surface area contributed by atoms with Crippen molar-refractivity contribution in [2.45, 2.75) is 233 Å². The largest absolute Gasteiger partial charge is 0.502 e. The van der Waals surface area contributed by atoms with Gasteiger partial charge in [0.2, 0.25) is 39.1 Å². The molecule has 0 saturated carbocycles. The van der Waals surface area contributed by atoms with E-state index in [9.17, 15) is 9.59 Å². The van der Waals surface area contributed by atoms with Crippen molar-refractivity contribution >= 4 is 135 Å². The third-order valence-electron chi connectivity index (χ3n) is 9.35. The number of carbonyl (C=O) groups is 2. The Hall–Kier alpha value is 0.856. The molecule has 19 nitrogen and oxygen atoms in total. The van der Waals surface area contributed by atoms with E-state index < -0.39 is 170 Å². The van der Waals surface area contributed by atoms with E-state index in [0.717, 1.165) is 0 Å². The smallest absolute Gasteiger partial charge is 0.460 e. The monoisotopic (exact) mass is 1360 g/mol. The Bertz CT molecular complexity index is 1550. The van der Waals surface area contributed by atoms with Gasteiger partial charge in [0, 0.05) is 11.1 Å². The standard InChI is InChI=1S/C46H114O19Si14/c1-31-39(49-33-35-51-41(47)37(3)4)78(61-66-43(53-70(7,8)9)54-71(10,11)12,62-67-44(55-72(13,14)15)56-73(16,17)18)65-79(40(32-2)50-34-36-52-42(48)38(5)6,63-68-45(57-74(19,20)21)58-75(22,23)24)64-69-46(59-76(25,26)27)60-77(28,29)30/h39-40,43-46H,3,5,31-36,66-69H2,1-2,4,6-30H3. The minimum atomic E-state index is -4.54. The highest BCUT2D eigenvalue weighted by Gasteiger charge is 2.63. The summed E-state index contributed by atoms with van der Waals surface area (Å²) in [6.07, 6.45) is 0.640. The molecular weight excluding hydrogens is 1250 g/mol. The summed E-state index contributed by atoms with van der Waals surface area (Å²) in [6, 6.07) is 0. The third-order valence-corrected chi connectivity index (χ3v) is 36.3. The van der Waals surface area contributed by atoms with Gasteiger partial charge in [-0.15, -0.1) is 0 Å². The summed E-state index contributed by atoms with van der Waals surface area (Å²) in [5, 5.41) is 0. The first-order valence-corrected chi connectivity index (χ1v) is 64.4. The van der Waals surface area contributed by atoms with Crippen LogP contribution in [0.2, 0.25) is 157 Å². The molecule has 0 bridgehead atoms. The van der Waals surface area contributed by atoms with Crippen molar-refractivity contribution in [3.63, 3.8) is 0 Å². The molecule has 2 atom stereocenters. The average molecular weight is 1360 g/mol. The lowest BCUT2D eigenvalue weighted by atomic mass is 10.4. The fourth-order valence-electron chi connectivity index (χ4n) is 7.00. The van der Waals surface area contributed by atoms with Gasteiger partial charge in [-0.05, 0) is 184 Å². The van der Waals surface area contributed by atoms with Crippen LogP contribution in [0, 0.1) is 0 Å². The fraction of sp³-hybridized carbons (Fsp3) is 0.870. The molecule has 33 heteroatoms. The summed E-state index contributed by atoms with van der Waals surface area (Å²) in [5.41, 5.74) is -1.30. The van der Waals surface area contributed by atoms with Gasteiger partial charge >= 0.3 is 29.5 Å². The number of hydrogen-bond acceptors (Lipinski definition) is 19. The van der Waals surface area contributed by atoms with E-state index >= 15 is 0 Å². The van der Waals surface area contributed by atoms with Gasteiger partial charge in [0.15, 0.2) is 66.5 Å². The van der Waals surface area contributed by atoms with Crippen LogP contribution in [0.3, 0.4) is 0 Å². The molecule has 0 aliphatic heterocycles. The molecule has 468 valence electrons. The molecule has 0 radical (unpaired) electrons. The van der Waals surface area contributed by atoms with Crippen molar-refractivity contribution in [2.75, 3.05) is 26.4 Å². The molecule has 0 aliphatic carbocycles. The lowest BCUT2D eigenvalue weighted by molar-refractivity contribution is -0.141. The maximum Gasteiger partial charge on any atom is 0.502 e. The first-order valence-electron chi connectivity index (χ1n) is 28.0. The zero-order chi connectivity index (χ0) is 61.9. The predicted molar refractivity (Wildman–Crippen MR) is 353 cm³/mol. The summed E-state index contributed by atoms with van der Waals surface area (Å²) >= 11 is 0. The first-order chi connectivity index (χ1) is 35.4. The summed E-state index contributed by atoms with van der Waals surface area (Å²) < 4.78 is 119. The highest BCUT2D eigenvalue weighted by Crippen LogP contribution is 2.33. The lowest BCUT2D eigenvalue weighted by Gasteiger charge is -2.47. The minimum absolute atomic E-state index is 0.0418. The summed E-state index contributed by atoms with van der Waals surface area (Å²) in [7, 11) is -35.2. The van der Waals surface area contributed by atoms with E-state index in [1.165, 1.54) is 0 Å². The lowest BCUT2D eigenvalue weighted by Crippen LogP contribution is -2.72. The van der Waals surface area contributed by atoms with Crippen molar-refractivity contribution in [2.24, 2.45) is 0 Å². The van der Waals surface area contributed by atoms with Crippen molar-refractivity contribution < 1.29 is 84.5 Å². The van der Waals surface area contributed by atoms with Crippen molar-refractivity contribution in [1.29, 1.82) is 0 Å². The summed E-state index contributed by atoms with van der Waals surface area (Å²) in [5.74, 6) is -3.85. The Balaban J connectivity index is 9.39. The maximum absolute atomic E-state index is 12.8. The molecule has 0 N–H and O–H groups in total. The van der Waals surface area contributed by atoms with E-state index in [-0.39, 0.29) is 37.6 Å². The van der Waals surface area contributed by atoms with Crippen LogP contribution in [0.5, 0.6) is 0 Å². The van der Waals surface area contributed by atoms with Gasteiger partial charge in [-0.3, -0.25) is 0 Å². The highest BCUT2D eigenvalue weighted by atomic mass is 28.5. The number of hydrogen-bond donors (Lipinski definition) is 0. The Kier molecular flexibility index (Phi) is 34.8. The third kappa shape index (κ3) is 39.3. The van der Waals surface area contributed by atoms with Gasteiger partial charge in [0.1, 0.15) is 48.3 Å². The number of carbonyl (C=O) groups excluding carboxylic acids is 2. The molecule has 2 unspecified atom stereocenters. The van der Waals surface area contributed by atoms with Crippen LogP contribution in [0.4, 0.5) is 0 Å². The zero-order valence-electron chi connectivity index (χ0n) is 54.7. The molecule has 0 aromatic heterocycles. The Morgan fingerprint density at radius 2 is 0.544 bits per heavy atom. The number of rotatable bonds is 44. The molecule has 0 spiro atoms. The second-order valence-corrected chi connectivity index (χ2v) is 76.3. The number of ether oxygens (including phenoxy) is 4. The van der Waals surface area contributed by atoms with Crippen LogP contribution < -0.4 is 0 Å².